The number of sulfonamides is 1. The molecule has 0 aliphatic heterocycles. The summed E-state index contributed by atoms with van der Waals surface area (Å²) in [6, 6.07) is 6.59. The second-order valence-corrected chi connectivity index (χ2v) is 5.97. The predicted molar refractivity (Wildman–Crippen MR) is 60.5 cm³/mol. The first-order valence-electron chi connectivity index (χ1n) is 5.24. The number of aliphatic hydroxyl groups excluding tert-OH is 1. The van der Waals surface area contributed by atoms with Crippen LogP contribution in [0.5, 0.6) is 0 Å². The van der Waals surface area contributed by atoms with Crippen molar-refractivity contribution >= 4 is 10.0 Å². The topological polar surface area (TPSA) is 66.4 Å². The molecule has 0 unspecified atom stereocenters. The second kappa shape index (κ2) is 4.16. The molecule has 1 saturated carbocycles. The maximum Gasteiger partial charge on any atom is 0.240 e. The van der Waals surface area contributed by atoms with Gasteiger partial charge in [-0.05, 0) is 31.9 Å². The molecule has 0 saturated heterocycles. The lowest BCUT2D eigenvalue weighted by Crippen LogP contribution is -2.46. The molecule has 4 nitrogen and oxygen atoms in total. The summed E-state index contributed by atoms with van der Waals surface area (Å²) in [5, 5.41) is 9.09. The van der Waals surface area contributed by atoms with Gasteiger partial charge in [-0.1, -0.05) is 17.7 Å². The summed E-state index contributed by atoms with van der Waals surface area (Å²) in [7, 11) is -3.42. The maximum atomic E-state index is 11.9. The normalized spacial score (nSPS) is 25.1. The van der Waals surface area contributed by atoms with Crippen LogP contribution in [0.15, 0.2) is 29.2 Å². The predicted octanol–water partition coefficient (Wildman–Crippen LogP) is 0.797. The van der Waals surface area contributed by atoms with Crippen molar-refractivity contribution in [1.29, 1.82) is 0 Å². The summed E-state index contributed by atoms with van der Waals surface area (Å²) >= 11 is 0. The minimum atomic E-state index is -3.42. The van der Waals surface area contributed by atoms with E-state index in [9.17, 15) is 8.42 Å². The Hall–Kier alpha value is -0.910. The first-order valence-corrected chi connectivity index (χ1v) is 6.73. The molecule has 2 rings (SSSR count). The number of benzene rings is 1. The lowest BCUT2D eigenvalue weighted by atomic mass is 9.91. The standard InChI is InChI=1S/C11H15NO3S/c1-8-2-4-11(5-3-8)16(14,15)12-9-6-10(13)7-9/h2-5,9-10,12-13H,6-7H2,1H3/t9-,10-. The van der Waals surface area contributed by atoms with Crippen molar-refractivity contribution < 1.29 is 13.5 Å². The highest BCUT2D eigenvalue weighted by atomic mass is 32.2. The molecule has 0 bridgehead atoms. The summed E-state index contributed by atoms with van der Waals surface area (Å²) < 4.78 is 26.3. The van der Waals surface area contributed by atoms with Crippen LogP contribution in [0, 0.1) is 6.92 Å². The number of aryl methyl sites for hydroxylation is 1. The molecule has 88 valence electrons. The molecule has 5 heteroatoms. The van der Waals surface area contributed by atoms with E-state index in [1.165, 1.54) is 0 Å². The zero-order chi connectivity index (χ0) is 11.8. The van der Waals surface area contributed by atoms with Crippen molar-refractivity contribution in [3.8, 4) is 0 Å². The highest BCUT2D eigenvalue weighted by Crippen LogP contribution is 2.22. The van der Waals surface area contributed by atoms with Gasteiger partial charge in [-0.2, -0.15) is 0 Å². The second-order valence-electron chi connectivity index (χ2n) is 4.26. The molecule has 1 aliphatic rings. The molecule has 0 radical (unpaired) electrons. The average Bonchev–Trinajstić information content (AvgIpc) is 2.15. The first kappa shape index (κ1) is 11.6. The SMILES string of the molecule is Cc1ccc(S(=O)(=O)N[C@H]2C[C@H](O)C2)cc1. The van der Waals surface area contributed by atoms with Gasteiger partial charge in [0.1, 0.15) is 0 Å². The smallest absolute Gasteiger partial charge is 0.240 e. The van der Waals surface area contributed by atoms with Gasteiger partial charge < -0.3 is 5.11 Å². The monoisotopic (exact) mass is 241 g/mol. The van der Waals surface area contributed by atoms with Crippen molar-refractivity contribution in [2.45, 2.75) is 36.8 Å². The Kier molecular flexibility index (Phi) is 3.01. The van der Waals surface area contributed by atoms with Crippen LogP contribution in [0.2, 0.25) is 0 Å². The Morgan fingerprint density at radius 1 is 1.25 bits per heavy atom. The highest BCUT2D eigenvalue weighted by molar-refractivity contribution is 7.89. The summed E-state index contributed by atoms with van der Waals surface area (Å²) in [6.45, 7) is 1.91. The largest absolute Gasteiger partial charge is 0.393 e. The molecule has 0 atom stereocenters. The number of hydrogen-bond acceptors (Lipinski definition) is 3. The van der Waals surface area contributed by atoms with Gasteiger partial charge >= 0.3 is 0 Å². The number of hydrogen-bond donors (Lipinski definition) is 2. The average molecular weight is 241 g/mol. The van der Waals surface area contributed by atoms with Crippen molar-refractivity contribution in [3.63, 3.8) is 0 Å². The van der Waals surface area contributed by atoms with Crippen LogP contribution in [-0.4, -0.2) is 25.7 Å². The molecule has 0 heterocycles. The lowest BCUT2D eigenvalue weighted by Gasteiger charge is -2.31. The molecule has 0 spiro atoms. The van der Waals surface area contributed by atoms with Gasteiger partial charge in [-0.25, -0.2) is 13.1 Å². The van der Waals surface area contributed by atoms with Crippen LogP contribution < -0.4 is 4.72 Å². The van der Waals surface area contributed by atoms with E-state index >= 15 is 0 Å². The van der Waals surface area contributed by atoms with Crippen LogP contribution in [0.4, 0.5) is 0 Å². The summed E-state index contributed by atoms with van der Waals surface area (Å²) in [5.74, 6) is 0. The van der Waals surface area contributed by atoms with Gasteiger partial charge in [0.2, 0.25) is 10.0 Å². The molecular weight excluding hydrogens is 226 g/mol. The van der Waals surface area contributed by atoms with Gasteiger partial charge in [-0.3, -0.25) is 0 Å². The van der Waals surface area contributed by atoms with Gasteiger partial charge in [-0.15, -0.1) is 0 Å². The molecule has 0 aromatic heterocycles. The van der Waals surface area contributed by atoms with Crippen LogP contribution in [0.25, 0.3) is 0 Å². The fourth-order valence-electron chi connectivity index (χ4n) is 1.69. The Morgan fingerprint density at radius 2 is 1.81 bits per heavy atom. The first-order chi connectivity index (χ1) is 7.47. The molecule has 1 aromatic rings. The Balaban J connectivity index is 2.10. The van der Waals surface area contributed by atoms with E-state index in [1.54, 1.807) is 24.3 Å². The van der Waals surface area contributed by atoms with Gasteiger partial charge in [0.15, 0.2) is 0 Å². The van der Waals surface area contributed by atoms with Crippen LogP contribution in [0.3, 0.4) is 0 Å². The van der Waals surface area contributed by atoms with Crippen LogP contribution >= 0.6 is 0 Å². The minimum absolute atomic E-state index is 0.124. The van der Waals surface area contributed by atoms with E-state index in [1.807, 2.05) is 6.92 Å². The van der Waals surface area contributed by atoms with E-state index in [2.05, 4.69) is 4.72 Å². The number of aliphatic hydroxyl groups is 1. The third-order valence-electron chi connectivity index (χ3n) is 2.77. The van der Waals surface area contributed by atoms with Crippen molar-refractivity contribution in [2.24, 2.45) is 0 Å². The highest BCUT2D eigenvalue weighted by Gasteiger charge is 2.31. The molecule has 1 aromatic carbocycles. The van der Waals surface area contributed by atoms with Crippen molar-refractivity contribution in [1.82, 2.24) is 4.72 Å². The third-order valence-corrected chi connectivity index (χ3v) is 4.30. The zero-order valence-electron chi connectivity index (χ0n) is 9.05. The van der Waals surface area contributed by atoms with Gasteiger partial charge in [0.05, 0.1) is 11.0 Å². The molecular formula is C11H15NO3S. The summed E-state index contributed by atoms with van der Waals surface area (Å²) in [4.78, 5) is 0.277. The van der Waals surface area contributed by atoms with E-state index in [-0.39, 0.29) is 17.0 Å². The minimum Gasteiger partial charge on any atom is -0.393 e. The molecule has 2 N–H and O–H groups in total. The fraction of sp³-hybridized carbons (Fsp3) is 0.455. The van der Waals surface area contributed by atoms with Crippen molar-refractivity contribution in [2.75, 3.05) is 0 Å². The third kappa shape index (κ3) is 2.42. The van der Waals surface area contributed by atoms with Crippen LogP contribution in [-0.2, 0) is 10.0 Å². The van der Waals surface area contributed by atoms with E-state index in [0.717, 1.165) is 5.56 Å². The maximum absolute atomic E-state index is 11.9. The van der Waals surface area contributed by atoms with E-state index in [4.69, 9.17) is 5.11 Å². The zero-order valence-corrected chi connectivity index (χ0v) is 9.87. The number of nitrogens with one attached hydrogen (secondary N) is 1. The van der Waals surface area contributed by atoms with Gasteiger partial charge in [0.25, 0.3) is 0 Å². The van der Waals surface area contributed by atoms with E-state index < -0.39 is 10.0 Å². The van der Waals surface area contributed by atoms with E-state index in [0.29, 0.717) is 12.8 Å². The molecule has 1 aliphatic carbocycles. The summed E-state index contributed by atoms with van der Waals surface area (Å²) in [5.41, 5.74) is 1.03. The van der Waals surface area contributed by atoms with Crippen LogP contribution in [0.1, 0.15) is 18.4 Å². The Morgan fingerprint density at radius 3 is 2.31 bits per heavy atom. The summed E-state index contributed by atoms with van der Waals surface area (Å²) in [6.07, 6.45) is 0.654. The van der Waals surface area contributed by atoms with Crippen molar-refractivity contribution in [3.05, 3.63) is 29.8 Å². The molecule has 16 heavy (non-hydrogen) atoms. The quantitative estimate of drug-likeness (QED) is 0.822. The lowest BCUT2D eigenvalue weighted by molar-refractivity contribution is 0.0712. The Labute approximate surface area is 95.4 Å². The Bertz CT molecular complexity index is 461. The molecule has 1 fully saturated rings. The fourth-order valence-corrected chi connectivity index (χ4v) is 2.95. The molecule has 0 amide bonds. The number of rotatable bonds is 3. The van der Waals surface area contributed by atoms with Gasteiger partial charge in [0, 0.05) is 6.04 Å².